The zero-order valence-electron chi connectivity index (χ0n) is 15.6. The van der Waals surface area contributed by atoms with E-state index in [0.717, 1.165) is 22.0 Å². The van der Waals surface area contributed by atoms with E-state index >= 15 is 0 Å². The molecule has 0 aliphatic carbocycles. The highest BCUT2D eigenvalue weighted by molar-refractivity contribution is 7.98. The summed E-state index contributed by atoms with van der Waals surface area (Å²) in [6.45, 7) is 0. The number of hydrogen-bond acceptors (Lipinski definition) is 3. The molecule has 0 fully saturated rings. The maximum absolute atomic E-state index is 12.3. The van der Waals surface area contributed by atoms with Crippen molar-refractivity contribution in [3.8, 4) is 11.1 Å². The van der Waals surface area contributed by atoms with Gasteiger partial charge in [0.2, 0.25) is 5.91 Å². The van der Waals surface area contributed by atoms with Crippen LogP contribution in [0, 0.1) is 0 Å². The zero-order chi connectivity index (χ0) is 19.3. The van der Waals surface area contributed by atoms with Gasteiger partial charge >= 0.3 is 0 Å². The minimum Gasteiger partial charge on any atom is -0.309 e. The van der Waals surface area contributed by atoms with Crippen LogP contribution in [0.4, 0.5) is 5.82 Å². The van der Waals surface area contributed by atoms with Crippen molar-refractivity contribution in [3.63, 3.8) is 0 Å². The largest absolute Gasteiger partial charge is 0.309 e. The lowest BCUT2D eigenvalue weighted by Crippen LogP contribution is -2.12. The fraction of sp³-hybridized carbons (Fsp3) is 0.130. The van der Waals surface area contributed by atoms with Crippen LogP contribution in [0.5, 0.6) is 0 Å². The average Bonchev–Trinajstić information content (AvgIpc) is 3.15. The van der Waals surface area contributed by atoms with Gasteiger partial charge in [-0.15, -0.1) is 11.8 Å². The summed E-state index contributed by atoms with van der Waals surface area (Å²) in [6, 6.07) is 24.5. The van der Waals surface area contributed by atoms with E-state index in [-0.39, 0.29) is 5.91 Å². The fourth-order valence-corrected chi connectivity index (χ4v) is 3.88. The van der Waals surface area contributed by atoms with Gasteiger partial charge in [0.1, 0.15) is 0 Å². The Labute approximate surface area is 168 Å². The number of H-pyrrole nitrogens is 1. The van der Waals surface area contributed by atoms with Gasteiger partial charge < -0.3 is 5.32 Å². The molecule has 4 rings (SSSR count). The molecule has 4 aromatic rings. The minimum absolute atomic E-state index is 0.0333. The quantitative estimate of drug-likeness (QED) is 0.428. The van der Waals surface area contributed by atoms with Crippen molar-refractivity contribution in [2.75, 3.05) is 11.6 Å². The van der Waals surface area contributed by atoms with Gasteiger partial charge in [-0.3, -0.25) is 9.89 Å². The molecule has 0 spiro atoms. The van der Waals surface area contributed by atoms with Gasteiger partial charge in [-0.1, -0.05) is 54.6 Å². The van der Waals surface area contributed by atoms with Crippen LogP contribution in [-0.4, -0.2) is 22.4 Å². The van der Waals surface area contributed by atoms with Crippen LogP contribution in [0.1, 0.15) is 12.0 Å². The number of anilines is 1. The number of amides is 1. The van der Waals surface area contributed by atoms with Crippen molar-refractivity contribution >= 4 is 34.4 Å². The number of benzene rings is 3. The van der Waals surface area contributed by atoms with Crippen LogP contribution in [0.15, 0.2) is 77.7 Å². The summed E-state index contributed by atoms with van der Waals surface area (Å²) < 4.78 is 0. The van der Waals surface area contributed by atoms with Crippen LogP contribution >= 0.6 is 11.8 Å². The van der Waals surface area contributed by atoms with E-state index in [4.69, 9.17) is 0 Å². The molecule has 2 N–H and O–H groups in total. The van der Waals surface area contributed by atoms with Crippen molar-refractivity contribution in [1.29, 1.82) is 0 Å². The Kier molecular flexibility index (Phi) is 5.44. The maximum Gasteiger partial charge on any atom is 0.225 e. The predicted octanol–water partition coefficient (Wildman–Crippen LogP) is 5.52. The number of aromatic nitrogens is 2. The molecule has 0 saturated heterocycles. The van der Waals surface area contributed by atoms with Crippen molar-refractivity contribution in [3.05, 3.63) is 78.4 Å². The normalized spacial score (nSPS) is 10.9. The van der Waals surface area contributed by atoms with Gasteiger partial charge in [0, 0.05) is 16.7 Å². The first-order valence-electron chi connectivity index (χ1n) is 9.20. The summed E-state index contributed by atoms with van der Waals surface area (Å²) >= 11 is 1.73. The molecule has 0 aliphatic rings. The van der Waals surface area contributed by atoms with E-state index in [1.165, 1.54) is 10.5 Å². The summed E-state index contributed by atoms with van der Waals surface area (Å²) in [5.41, 5.74) is 4.39. The number of rotatable bonds is 6. The number of aryl methyl sites for hydroxylation is 1. The van der Waals surface area contributed by atoms with Gasteiger partial charge in [0.25, 0.3) is 0 Å². The van der Waals surface area contributed by atoms with Crippen molar-refractivity contribution < 1.29 is 4.79 Å². The van der Waals surface area contributed by atoms with E-state index in [2.05, 4.69) is 46.0 Å². The molecule has 5 heteroatoms. The van der Waals surface area contributed by atoms with E-state index in [1.54, 1.807) is 11.8 Å². The lowest BCUT2D eigenvalue weighted by Gasteiger charge is -2.07. The zero-order valence-corrected chi connectivity index (χ0v) is 16.4. The molecule has 0 atom stereocenters. The van der Waals surface area contributed by atoms with Gasteiger partial charge in [-0.05, 0) is 47.6 Å². The molecule has 0 unspecified atom stereocenters. The van der Waals surface area contributed by atoms with Crippen LogP contribution in [0.3, 0.4) is 0 Å². The van der Waals surface area contributed by atoms with E-state index in [1.807, 2.05) is 48.5 Å². The first kappa shape index (κ1) is 18.3. The maximum atomic E-state index is 12.3. The number of thioether (sulfide) groups is 1. The van der Waals surface area contributed by atoms with E-state index < -0.39 is 0 Å². The molecular formula is C23H21N3OS. The summed E-state index contributed by atoms with van der Waals surface area (Å²) in [7, 11) is 0. The topological polar surface area (TPSA) is 57.8 Å². The molecular weight excluding hydrogens is 366 g/mol. The third kappa shape index (κ3) is 3.94. The highest BCUT2D eigenvalue weighted by Gasteiger charge is 2.11. The first-order chi connectivity index (χ1) is 13.7. The van der Waals surface area contributed by atoms with Gasteiger partial charge in [0.15, 0.2) is 5.82 Å². The van der Waals surface area contributed by atoms with E-state index in [9.17, 15) is 4.79 Å². The lowest BCUT2D eigenvalue weighted by molar-refractivity contribution is -0.116. The molecule has 0 saturated carbocycles. The van der Waals surface area contributed by atoms with Crippen LogP contribution in [0.2, 0.25) is 0 Å². The number of nitrogens with one attached hydrogen (secondary N) is 2. The summed E-state index contributed by atoms with van der Waals surface area (Å²) in [5.74, 6) is 0.548. The summed E-state index contributed by atoms with van der Waals surface area (Å²) in [6.07, 6.45) is 3.22. The number of carbonyl (C=O) groups excluding carboxylic acids is 1. The minimum atomic E-state index is -0.0333. The molecule has 4 nitrogen and oxygen atoms in total. The molecule has 0 bridgehead atoms. The molecule has 1 amide bonds. The van der Waals surface area contributed by atoms with Crippen molar-refractivity contribution in [2.24, 2.45) is 0 Å². The second-order valence-electron chi connectivity index (χ2n) is 6.57. The van der Waals surface area contributed by atoms with Crippen LogP contribution in [0.25, 0.3) is 22.0 Å². The van der Waals surface area contributed by atoms with Gasteiger partial charge in [-0.25, -0.2) is 0 Å². The number of fused-ring (bicyclic) bond motifs is 1. The third-order valence-electron chi connectivity index (χ3n) is 4.72. The molecule has 3 aromatic carbocycles. The molecule has 0 radical (unpaired) electrons. The summed E-state index contributed by atoms with van der Waals surface area (Å²) in [4.78, 5) is 13.6. The third-order valence-corrected chi connectivity index (χ3v) is 5.52. The lowest BCUT2D eigenvalue weighted by atomic mass is 10.0. The second kappa shape index (κ2) is 8.31. The Morgan fingerprint density at radius 3 is 2.64 bits per heavy atom. The molecule has 140 valence electrons. The molecule has 1 aromatic heterocycles. The Balaban J connectivity index is 1.51. The smallest absolute Gasteiger partial charge is 0.225 e. The highest BCUT2D eigenvalue weighted by atomic mass is 32.2. The van der Waals surface area contributed by atoms with Crippen molar-refractivity contribution in [1.82, 2.24) is 10.2 Å². The summed E-state index contributed by atoms with van der Waals surface area (Å²) in [5, 5.41) is 11.2. The predicted molar refractivity (Wildman–Crippen MR) is 117 cm³/mol. The number of aromatic amines is 1. The Morgan fingerprint density at radius 1 is 1.04 bits per heavy atom. The van der Waals surface area contributed by atoms with Crippen molar-refractivity contribution in [2.45, 2.75) is 17.7 Å². The average molecular weight is 388 g/mol. The standard InChI is InChI=1S/C23H21N3OS/c1-28-21-10-6-5-9-18(21)17-12-13-19-20(15-17)25-26-23(19)24-22(27)14-11-16-7-3-2-4-8-16/h2-10,12-13,15H,11,14H2,1H3,(H2,24,25,26,27). The first-order valence-corrected chi connectivity index (χ1v) is 10.4. The van der Waals surface area contributed by atoms with Crippen LogP contribution in [-0.2, 0) is 11.2 Å². The highest BCUT2D eigenvalue weighted by Crippen LogP contribution is 2.32. The SMILES string of the molecule is CSc1ccccc1-c1ccc2c(NC(=O)CCc3ccccc3)n[nH]c2c1. The van der Waals surface area contributed by atoms with E-state index in [0.29, 0.717) is 18.7 Å². The Morgan fingerprint density at radius 2 is 1.82 bits per heavy atom. The molecule has 0 aliphatic heterocycles. The second-order valence-corrected chi connectivity index (χ2v) is 7.41. The number of carbonyl (C=O) groups is 1. The fourth-order valence-electron chi connectivity index (χ4n) is 3.26. The molecule has 28 heavy (non-hydrogen) atoms. The number of hydrogen-bond donors (Lipinski definition) is 2. The molecule has 1 heterocycles. The van der Waals surface area contributed by atoms with Crippen LogP contribution < -0.4 is 5.32 Å². The monoisotopic (exact) mass is 387 g/mol. The Hall–Kier alpha value is -3.05. The van der Waals surface area contributed by atoms with Gasteiger partial charge in [-0.2, -0.15) is 5.10 Å². The number of nitrogens with zero attached hydrogens (tertiary/aromatic N) is 1. The van der Waals surface area contributed by atoms with Gasteiger partial charge in [0.05, 0.1) is 5.52 Å². The Bertz CT molecular complexity index is 1110.